The molecule has 2 unspecified atom stereocenters. The van der Waals surface area contributed by atoms with Gasteiger partial charge in [-0.1, -0.05) is 13.8 Å². The molecule has 184 valence electrons. The van der Waals surface area contributed by atoms with Crippen LogP contribution in [0.5, 0.6) is 5.75 Å². The third kappa shape index (κ3) is 5.86. The Morgan fingerprint density at radius 1 is 1.09 bits per heavy atom. The molecule has 0 bridgehead atoms. The summed E-state index contributed by atoms with van der Waals surface area (Å²) in [5.41, 5.74) is 0.405. The van der Waals surface area contributed by atoms with E-state index in [9.17, 15) is 13.6 Å². The summed E-state index contributed by atoms with van der Waals surface area (Å²) < 4.78 is 33.1. The number of likely N-dealkylation sites (tertiary alicyclic amines) is 2. The van der Waals surface area contributed by atoms with E-state index in [1.54, 1.807) is 0 Å². The molecule has 0 spiro atoms. The zero-order chi connectivity index (χ0) is 23.6. The predicted molar refractivity (Wildman–Crippen MR) is 127 cm³/mol. The Hall–Kier alpha value is -1.73. The lowest BCUT2D eigenvalue weighted by molar-refractivity contribution is -0.124. The van der Waals surface area contributed by atoms with Gasteiger partial charge in [0.2, 0.25) is 5.91 Å². The molecule has 3 aliphatic heterocycles. The van der Waals surface area contributed by atoms with Gasteiger partial charge in [0.1, 0.15) is 5.75 Å². The number of rotatable bonds is 8. The van der Waals surface area contributed by atoms with E-state index in [0.717, 1.165) is 30.8 Å². The number of hydrogen-bond donors (Lipinski definition) is 0. The van der Waals surface area contributed by atoms with E-state index in [2.05, 4.69) is 16.7 Å². The maximum atomic E-state index is 13.6. The van der Waals surface area contributed by atoms with Crippen molar-refractivity contribution in [2.45, 2.75) is 77.3 Å². The van der Waals surface area contributed by atoms with Crippen LogP contribution in [0.1, 0.15) is 59.3 Å². The average Bonchev–Trinajstić information content (AvgIpc) is 3.27. The molecule has 3 aliphatic rings. The maximum Gasteiger partial charge on any atom is 0.250 e. The van der Waals surface area contributed by atoms with Crippen molar-refractivity contribution in [3.8, 4) is 5.75 Å². The minimum atomic E-state index is -2.55. The third-order valence-electron chi connectivity index (χ3n) is 7.63. The number of carbonyl (C=O) groups is 1. The van der Waals surface area contributed by atoms with Crippen molar-refractivity contribution in [1.82, 2.24) is 9.80 Å². The number of amides is 1. The number of alkyl halides is 2. The molecule has 3 saturated heterocycles. The lowest BCUT2D eigenvalue weighted by Crippen LogP contribution is -2.47. The Kier molecular flexibility index (Phi) is 7.29. The number of nitrogens with zero attached hydrogens (tertiary/aromatic N) is 3. The van der Waals surface area contributed by atoms with Gasteiger partial charge in [-0.15, -0.1) is 0 Å². The van der Waals surface area contributed by atoms with Gasteiger partial charge in [0, 0.05) is 56.2 Å². The third-order valence-corrected chi connectivity index (χ3v) is 7.63. The van der Waals surface area contributed by atoms with Crippen molar-refractivity contribution in [2.24, 2.45) is 5.41 Å². The number of carbonyl (C=O) groups excluding carboxylic acids is 1. The molecule has 0 radical (unpaired) electrons. The summed E-state index contributed by atoms with van der Waals surface area (Å²) in [7, 11) is 0. The monoisotopic (exact) mass is 463 g/mol. The first kappa shape index (κ1) is 24.4. The molecule has 0 aliphatic carbocycles. The normalized spacial score (nSPS) is 27.9. The summed E-state index contributed by atoms with van der Waals surface area (Å²) in [6.45, 7) is 10.6. The van der Waals surface area contributed by atoms with Gasteiger partial charge in [-0.2, -0.15) is 0 Å². The minimum absolute atomic E-state index is 0.00607. The molecule has 0 aromatic heterocycles. The van der Waals surface area contributed by atoms with Gasteiger partial charge in [-0.05, 0) is 63.4 Å². The summed E-state index contributed by atoms with van der Waals surface area (Å²) >= 11 is 0. The predicted octanol–water partition coefficient (Wildman–Crippen LogP) is 4.80. The zero-order valence-electron chi connectivity index (χ0n) is 20.4. The molecular formula is C26H39F2N3O2. The fourth-order valence-corrected chi connectivity index (χ4v) is 5.58. The molecule has 0 N–H and O–H groups in total. The van der Waals surface area contributed by atoms with Crippen LogP contribution >= 0.6 is 0 Å². The van der Waals surface area contributed by atoms with Crippen LogP contribution in [0.4, 0.5) is 14.5 Å². The number of ether oxygens (including phenoxy) is 1. The summed E-state index contributed by atoms with van der Waals surface area (Å²) in [6.07, 6.45) is 4.12. The summed E-state index contributed by atoms with van der Waals surface area (Å²) in [4.78, 5) is 19.7. The van der Waals surface area contributed by atoms with Crippen LogP contribution in [-0.2, 0) is 4.79 Å². The molecule has 3 fully saturated rings. The largest absolute Gasteiger partial charge is 0.494 e. The van der Waals surface area contributed by atoms with E-state index in [4.69, 9.17) is 4.74 Å². The first-order valence-corrected chi connectivity index (χ1v) is 12.6. The highest BCUT2D eigenvalue weighted by Crippen LogP contribution is 2.40. The van der Waals surface area contributed by atoms with Gasteiger partial charge >= 0.3 is 0 Å². The van der Waals surface area contributed by atoms with Gasteiger partial charge in [-0.25, -0.2) is 8.78 Å². The van der Waals surface area contributed by atoms with Gasteiger partial charge < -0.3 is 19.4 Å². The molecule has 3 heterocycles. The maximum absolute atomic E-state index is 13.6. The van der Waals surface area contributed by atoms with E-state index in [-0.39, 0.29) is 24.8 Å². The molecule has 1 aromatic carbocycles. The van der Waals surface area contributed by atoms with E-state index in [0.29, 0.717) is 32.3 Å². The average molecular weight is 464 g/mol. The van der Waals surface area contributed by atoms with Crippen LogP contribution in [0.3, 0.4) is 0 Å². The number of anilines is 1. The molecule has 1 amide bonds. The van der Waals surface area contributed by atoms with Gasteiger partial charge in [0.25, 0.3) is 5.92 Å². The molecule has 7 heteroatoms. The minimum Gasteiger partial charge on any atom is -0.494 e. The highest BCUT2D eigenvalue weighted by molar-refractivity contribution is 6.00. The fourth-order valence-electron chi connectivity index (χ4n) is 5.58. The highest BCUT2D eigenvalue weighted by atomic mass is 19.3. The molecule has 1 aromatic rings. The molecule has 4 rings (SSSR count). The summed E-state index contributed by atoms with van der Waals surface area (Å²) in [5.74, 6) is -1.64. The lowest BCUT2D eigenvalue weighted by atomic mass is 9.89. The van der Waals surface area contributed by atoms with Crippen LogP contribution < -0.4 is 9.64 Å². The smallest absolute Gasteiger partial charge is 0.250 e. The molecular weight excluding hydrogens is 424 g/mol. The van der Waals surface area contributed by atoms with Crippen LogP contribution in [-0.4, -0.2) is 73.0 Å². The van der Waals surface area contributed by atoms with Crippen molar-refractivity contribution in [3.05, 3.63) is 24.3 Å². The molecule has 5 nitrogen and oxygen atoms in total. The molecule has 0 saturated carbocycles. The Morgan fingerprint density at radius 2 is 1.79 bits per heavy atom. The SMILES string of the molecule is CC1CCCN1CCCOc1ccc(N2C(=O)C(C)(C)CC2CN2CCC(F)(F)CC2)cc1. The molecule has 33 heavy (non-hydrogen) atoms. The Balaban J connectivity index is 1.33. The number of piperidine rings is 1. The van der Waals surface area contributed by atoms with E-state index < -0.39 is 11.3 Å². The first-order chi connectivity index (χ1) is 15.6. The van der Waals surface area contributed by atoms with Crippen LogP contribution in [0.2, 0.25) is 0 Å². The number of halogens is 2. The standard InChI is InChI=1S/C26H39F2N3O2/c1-20-6-4-13-30(20)14-5-17-33-23-9-7-21(8-10-23)31-22(18-25(2,3)24(31)32)19-29-15-11-26(27,28)12-16-29/h7-10,20,22H,4-6,11-19H2,1-3H3. The number of hydrogen-bond acceptors (Lipinski definition) is 4. The van der Waals surface area contributed by atoms with Crippen LogP contribution in [0, 0.1) is 5.41 Å². The van der Waals surface area contributed by atoms with Crippen molar-refractivity contribution >= 4 is 11.6 Å². The Morgan fingerprint density at radius 3 is 2.42 bits per heavy atom. The van der Waals surface area contributed by atoms with E-state index in [1.165, 1.54) is 19.4 Å². The Labute approximate surface area is 197 Å². The topological polar surface area (TPSA) is 36.0 Å². The quantitative estimate of drug-likeness (QED) is 0.519. The van der Waals surface area contributed by atoms with Gasteiger partial charge in [0.15, 0.2) is 0 Å². The summed E-state index contributed by atoms with van der Waals surface area (Å²) in [5, 5.41) is 0. The second-order valence-corrected chi connectivity index (χ2v) is 10.8. The van der Waals surface area contributed by atoms with E-state index in [1.807, 2.05) is 43.0 Å². The second-order valence-electron chi connectivity index (χ2n) is 10.8. The van der Waals surface area contributed by atoms with Crippen LogP contribution in [0.15, 0.2) is 24.3 Å². The second kappa shape index (κ2) is 9.87. The van der Waals surface area contributed by atoms with Gasteiger partial charge in [0.05, 0.1) is 12.6 Å². The van der Waals surface area contributed by atoms with Gasteiger partial charge in [-0.3, -0.25) is 4.79 Å². The van der Waals surface area contributed by atoms with Crippen LogP contribution in [0.25, 0.3) is 0 Å². The van der Waals surface area contributed by atoms with Crippen molar-refractivity contribution in [3.63, 3.8) is 0 Å². The first-order valence-electron chi connectivity index (χ1n) is 12.6. The van der Waals surface area contributed by atoms with E-state index >= 15 is 0 Å². The van der Waals surface area contributed by atoms with Crippen molar-refractivity contribution in [1.29, 1.82) is 0 Å². The van der Waals surface area contributed by atoms with Crippen molar-refractivity contribution in [2.75, 3.05) is 44.2 Å². The number of benzene rings is 1. The lowest BCUT2D eigenvalue weighted by Gasteiger charge is -2.35. The van der Waals surface area contributed by atoms with Crippen molar-refractivity contribution < 1.29 is 18.3 Å². The fraction of sp³-hybridized carbons (Fsp3) is 0.731. The highest BCUT2D eigenvalue weighted by Gasteiger charge is 2.47. The summed E-state index contributed by atoms with van der Waals surface area (Å²) in [6, 6.07) is 8.45. The molecule has 2 atom stereocenters. The Bertz CT molecular complexity index is 804. The zero-order valence-corrected chi connectivity index (χ0v) is 20.4.